The molecule has 3 atom stereocenters. The van der Waals surface area contributed by atoms with Crippen LogP contribution < -0.4 is 9.47 Å². The third-order valence-electron chi connectivity index (χ3n) is 7.22. The molecule has 35 heavy (non-hydrogen) atoms. The van der Waals surface area contributed by atoms with Crippen LogP contribution in [0.15, 0.2) is 71.2 Å². The third-order valence-corrected chi connectivity index (χ3v) is 7.96. The minimum atomic E-state index is -0.739. The van der Waals surface area contributed by atoms with E-state index in [1.807, 2.05) is 66.7 Å². The number of nitrogens with zero attached hydrogens (tertiary/aromatic N) is 1. The second kappa shape index (κ2) is 9.55. The van der Waals surface area contributed by atoms with Crippen LogP contribution in [0, 0.1) is 0 Å². The fourth-order valence-corrected chi connectivity index (χ4v) is 6.25. The van der Waals surface area contributed by atoms with Gasteiger partial charge in [-0.15, -0.1) is 0 Å². The van der Waals surface area contributed by atoms with Gasteiger partial charge in [0.2, 0.25) is 0 Å². The summed E-state index contributed by atoms with van der Waals surface area (Å²) in [5.41, 5.74) is 3.26. The van der Waals surface area contributed by atoms with Crippen molar-refractivity contribution in [3.63, 3.8) is 0 Å². The number of aliphatic hydroxyl groups excluding tert-OH is 1. The zero-order valence-electron chi connectivity index (χ0n) is 19.7. The molecule has 0 aromatic heterocycles. The number of ether oxygens (including phenoxy) is 3. The predicted octanol–water partition coefficient (Wildman–Crippen LogP) is 5.08. The highest BCUT2D eigenvalue weighted by Crippen LogP contribution is 2.56. The fourth-order valence-electron chi connectivity index (χ4n) is 5.76. The lowest BCUT2D eigenvalue weighted by atomic mass is 9.66. The average Bonchev–Trinajstić information content (AvgIpc) is 3.25. The van der Waals surface area contributed by atoms with Gasteiger partial charge in [-0.3, -0.25) is 0 Å². The number of amides is 1. The number of fused-ring (bicyclic) bond motifs is 3. The van der Waals surface area contributed by atoms with Crippen molar-refractivity contribution < 1.29 is 24.1 Å². The van der Waals surface area contributed by atoms with Crippen molar-refractivity contribution in [2.24, 2.45) is 0 Å². The minimum Gasteiger partial charge on any atom is -0.497 e. The maximum absolute atomic E-state index is 13.5. The minimum absolute atomic E-state index is 0.172. The zero-order chi connectivity index (χ0) is 24.6. The molecule has 0 saturated carbocycles. The molecule has 6 nitrogen and oxygen atoms in total. The average molecular weight is 538 g/mol. The van der Waals surface area contributed by atoms with Crippen LogP contribution in [0.3, 0.4) is 0 Å². The molecule has 3 aromatic carbocycles. The highest BCUT2D eigenvalue weighted by molar-refractivity contribution is 9.10. The monoisotopic (exact) mass is 537 g/mol. The molecule has 1 aliphatic carbocycles. The Hall–Kier alpha value is -3.03. The number of aliphatic hydroxyl groups is 1. The van der Waals surface area contributed by atoms with Gasteiger partial charge >= 0.3 is 6.09 Å². The number of hydrogen-bond acceptors (Lipinski definition) is 5. The van der Waals surface area contributed by atoms with Crippen molar-refractivity contribution in [3.05, 3.63) is 93.5 Å². The number of carbonyl (C=O) groups excluding carboxylic acids is 1. The molecule has 1 aliphatic heterocycles. The van der Waals surface area contributed by atoms with Crippen LogP contribution in [0.4, 0.5) is 4.79 Å². The number of carbonyl (C=O) groups is 1. The van der Waals surface area contributed by atoms with Gasteiger partial charge in [0.25, 0.3) is 0 Å². The van der Waals surface area contributed by atoms with Gasteiger partial charge in [-0.2, -0.15) is 0 Å². The van der Waals surface area contributed by atoms with E-state index in [2.05, 4.69) is 15.9 Å². The first-order valence-electron chi connectivity index (χ1n) is 11.6. The van der Waals surface area contributed by atoms with Crippen molar-refractivity contribution >= 4 is 22.0 Å². The van der Waals surface area contributed by atoms with Gasteiger partial charge in [0.15, 0.2) is 0 Å². The molecule has 1 N–H and O–H groups in total. The third kappa shape index (κ3) is 4.06. The van der Waals surface area contributed by atoms with Crippen molar-refractivity contribution in [2.45, 2.75) is 37.0 Å². The van der Waals surface area contributed by atoms with Gasteiger partial charge in [-0.25, -0.2) is 4.79 Å². The Labute approximate surface area is 213 Å². The van der Waals surface area contributed by atoms with Crippen LogP contribution in [0.5, 0.6) is 11.5 Å². The Morgan fingerprint density at radius 1 is 1.09 bits per heavy atom. The highest BCUT2D eigenvalue weighted by atomic mass is 79.9. The summed E-state index contributed by atoms with van der Waals surface area (Å²) in [6, 6.07) is 21.1. The van der Waals surface area contributed by atoms with Crippen LogP contribution in [0.2, 0.25) is 0 Å². The van der Waals surface area contributed by atoms with Crippen LogP contribution in [-0.4, -0.2) is 49.0 Å². The second-order valence-electron chi connectivity index (χ2n) is 9.08. The normalized spacial score (nSPS) is 22.8. The first kappa shape index (κ1) is 23.7. The second-order valence-corrected chi connectivity index (χ2v) is 9.93. The topological polar surface area (TPSA) is 68.2 Å². The molecule has 0 unspecified atom stereocenters. The van der Waals surface area contributed by atoms with Crippen molar-refractivity contribution in [3.8, 4) is 11.5 Å². The van der Waals surface area contributed by atoms with E-state index in [0.717, 1.165) is 38.2 Å². The van der Waals surface area contributed by atoms with E-state index >= 15 is 0 Å². The molecule has 182 valence electrons. The van der Waals surface area contributed by atoms with Gasteiger partial charge in [0.05, 0.1) is 32.9 Å². The molecule has 1 fully saturated rings. The molecule has 3 aromatic rings. The summed E-state index contributed by atoms with van der Waals surface area (Å²) in [6.07, 6.45) is -0.117. The Balaban J connectivity index is 1.62. The Kier molecular flexibility index (Phi) is 6.47. The number of piperidine rings is 1. The SMILES string of the molecule is COc1cccc([C@]23C[C@H](O)CN(C(=O)OCc4ccccc4)[C@H]2Cc2c(Br)ccc(OC)c23)c1. The summed E-state index contributed by atoms with van der Waals surface area (Å²) in [5, 5.41) is 11.1. The van der Waals surface area contributed by atoms with Crippen LogP contribution in [0.1, 0.15) is 28.7 Å². The summed E-state index contributed by atoms with van der Waals surface area (Å²) < 4.78 is 18.1. The number of likely N-dealkylation sites (tertiary alicyclic amines) is 1. The van der Waals surface area contributed by atoms with E-state index in [1.165, 1.54) is 0 Å². The van der Waals surface area contributed by atoms with E-state index in [0.29, 0.717) is 12.8 Å². The standard InChI is InChI=1S/C28H28BrNO5/c1-33-21-10-6-9-19(13-21)28-15-20(31)16-30(27(32)35-17-18-7-4-3-5-8-18)25(28)14-22-23(29)11-12-24(34-2)26(22)28/h3-13,20,25,31H,14-17H2,1-2H3/t20-,25-,28+/m0/s1. The van der Waals surface area contributed by atoms with E-state index in [1.54, 1.807) is 19.1 Å². The van der Waals surface area contributed by atoms with E-state index in [-0.39, 0.29) is 19.2 Å². The smallest absolute Gasteiger partial charge is 0.410 e. The molecule has 1 saturated heterocycles. The highest BCUT2D eigenvalue weighted by Gasteiger charge is 2.57. The van der Waals surface area contributed by atoms with Gasteiger partial charge in [0.1, 0.15) is 18.1 Å². The summed E-state index contributed by atoms with van der Waals surface area (Å²) in [6.45, 7) is 0.378. The fraction of sp³-hybridized carbons (Fsp3) is 0.321. The number of methoxy groups -OCH3 is 2. The van der Waals surface area contributed by atoms with E-state index in [9.17, 15) is 9.90 Å². The predicted molar refractivity (Wildman–Crippen MR) is 136 cm³/mol. The molecule has 0 bridgehead atoms. The van der Waals surface area contributed by atoms with Crippen LogP contribution in [0.25, 0.3) is 0 Å². The lowest BCUT2D eigenvalue weighted by Crippen LogP contribution is -2.59. The number of β-amino-alcohol motifs (C(OH)–C–C–N with tert-alkyl or cyclic N) is 1. The molecule has 1 amide bonds. The van der Waals surface area contributed by atoms with Gasteiger partial charge in [0, 0.05) is 15.5 Å². The molecule has 2 aliphatic rings. The van der Waals surface area contributed by atoms with Crippen LogP contribution >= 0.6 is 15.9 Å². The Morgan fingerprint density at radius 2 is 1.89 bits per heavy atom. The number of benzene rings is 3. The number of hydrogen-bond donors (Lipinski definition) is 1. The maximum atomic E-state index is 13.5. The zero-order valence-corrected chi connectivity index (χ0v) is 21.3. The van der Waals surface area contributed by atoms with Gasteiger partial charge in [-0.05, 0) is 53.8 Å². The van der Waals surface area contributed by atoms with E-state index < -0.39 is 17.6 Å². The molecule has 0 spiro atoms. The number of halogens is 1. The number of rotatable bonds is 5. The van der Waals surface area contributed by atoms with Gasteiger partial charge < -0.3 is 24.2 Å². The summed E-state index contributed by atoms with van der Waals surface area (Å²) in [4.78, 5) is 15.2. The molecular weight excluding hydrogens is 510 g/mol. The summed E-state index contributed by atoms with van der Waals surface area (Å²) in [5.74, 6) is 1.46. The summed E-state index contributed by atoms with van der Waals surface area (Å²) in [7, 11) is 3.29. The van der Waals surface area contributed by atoms with Crippen molar-refractivity contribution in [1.29, 1.82) is 0 Å². The Bertz CT molecular complexity index is 1230. The lowest BCUT2D eigenvalue weighted by molar-refractivity contribution is -0.00457. The lowest BCUT2D eigenvalue weighted by Gasteiger charge is -2.48. The van der Waals surface area contributed by atoms with Crippen molar-refractivity contribution in [1.82, 2.24) is 4.90 Å². The molecule has 7 heteroatoms. The molecule has 0 radical (unpaired) electrons. The largest absolute Gasteiger partial charge is 0.497 e. The molecular formula is C28H28BrNO5. The first-order chi connectivity index (χ1) is 17.0. The maximum Gasteiger partial charge on any atom is 0.410 e. The first-order valence-corrected chi connectivity index (χ1v) is 12.4. The Morgan fingerprint density at radius 3 is 2.63 bits per heavy atom. The van der Waals surface area contributed by atoms with Crippen LogP contribution in [-0.2, 0) is 23.2 Å². The quantitative estimate of drug-likeness (QED) is 0.491. The summed E-state index contributed by atoms with van der Waals surface area (Å²) >= 11 is 3.73. The van der Waals surface area contributed by atoms with Gasteiger partial charge in [-0.1, -0.05) is 58.4 Å². The molecule has 1 heterocycles. The van der Waals surface area contributed by atoms with E-state index in [4.69, 9.17) is 14.2 Å². The molecule has 5 rings (SSSR count). The van der Waals surface area contributed by atoms with Crippen molar-refractivity contribution in [2.75, 3.05) is 20.8 Å².